The van der Waals surface area contributed by atoms with Crippen LogP contribution in [0, 0.1) is 0 Å². The Bertz CT molecular complexity index is 1610. The Kier molecular flexibility index (Phi) is 10.9. The number of carboxylic acids is 3. The van der Waals surface area contributed by atoms with E-state index in [9.17, 15) is 44.1 Å². The lowest BCUT2D eigenvalue weighted by molar-refractivity contribution is -0.150. The van der Waals surface area contributed by atoms with Crippen LogP contribution in [-0.4, -0.2) is 74.5 Å². The van der Waals surface area contributed by atoms with Crippen LogP contribution in [0.2, 0.25) is 0 Å². The predicted octanol–water partition coefficient (Wildman–Crippen LogP) is 3.05. The van der Waals surface area contributed by atoms with E-state index in [1.165, 1.54) is 13.0 Å². The monoisotopic (exact) mass is 629 g/mol. The number of aromatic carboxylic acids is 1. The van der Waals surface area contributed by atoms with E-state index in [1.54, 1.807) is 4.90 Å². The van der Waals surface area contributed by atoms with Crippen LogP contribution in [0.1, 0.15) is 59.2 Å². The molecule has 5 N–H and O–H groups in total. The van der Waals surface area contributed by atoms with Gasteiger partial charge in [0.2, 0.25) is 17.7 Å². The molecule has 1 fully saturated rings. The molecule has 0 aliphatic carbocycles. The number of likely N-dealkylation sites (tertiary alicyclic amines) is 1. The van der Waals surface area contributed by atoms with E-state index in [0.29, 0.717) is 25.9 Å². The van der Waals surface area contributed by atoms with Crippen LogP contribution in [0.3, 0.4) is 0 Å². The van der Waals surface area contributed by atoms with E-state index in [2.05, 4.69) is 10.6 Å². The fourth-order valence-corrected chi connectivity index (χ4v) is 5.55. The topological polar surface area (TPSA) is 190 Å². The number of carbonyl (C=O) groups is 6. The Morgan fingerprint density at radius 2 is 1.48 bits per heavy atom. The summed E-state index contributed by atoms with van der Waals surface area (Å²) in [5.41, 5.74) is 2.31. The molecule has 1 aliphatic heterocycles. The molecule has 0 bridgehead atoms. The van der Waals surface area contributed by atoms with Crippen molar-refractivity contribution in [1.29, 1.82) is 0 Å². The molecule has 12 heteroatoms. The molecular formula is C34H35N3O9. The molecule has 2 atom stereocenters. The zero-order valence-electron chi connectivity index (χ0n) is 25.1. The van der Waals surface area contributed by atoms with Crippen molar-refractivity contribution in [1.82, 2.24) is 15.5 Å². The van der Waals surface area contributed by atoms with Gasteiger partial charge in [0.1, 0.15) is 12.1 Å². The molecule has 0 aromatic heterocycles. The molecule has 0 saturated carbocycles. The second-order valence-corrected chi connectivity index (χ2v) is 11.2. The second kappa shape index (κ2) is 15.0. The number of aliphatic carboxylic acids is 2. The molecule has 240 valence electrons. The van der Waals surface area contributed by atoms with Gasteiger partial charge < -0.3 is 30.9 Å². The molecular weight excluding hydrogens is 594 g/mol. The van der Waals surface area contributed by atoms with Crippen LogP contribution in [0.5, 0.6) is 0 Å². The number of rotatable bonds is 12. The maximum atomic E-state index is 13.6. The summed E-state index contributed by atoms with van der Waals surface area (Å²) >= 11 is 0. The summed E-state index contributed by atoms with van der Waals surface area (Å²) in [6.07, 6.45) is 1.62. The fourth-order valence-electron chi connectivity index (χ4n) is 5.55. The second-order valence-electron chi connectivity index (χ2n) is 11.2. The molecule has 0 radical (unpaired) electrons. The first-order chi connectivity index (χ1) is 21.9. The third-order valence-corrected chi connectivity index (χ3v) is 7.82. The Labute approximate surface area is 265 Å². The Morgan fingerprint density at radius 1 is 0.848 bits per heavy atom. The first kappa shape index (κ1) is 33.4. The van der Waals surface area contributed by atoms with Crippen LogP contribution in [0.15, 0.2) is 72.8 Å². The number of carboxylic acid groups (broad SMARTS) is 3. The van der Waals surface area contributed by atoms with Crippen LogP contribution >= 0.6 is 0 Å². The van der Waals surface area contributed by atoms with Gasteiger partial charge in [0.25, 0.3) is 0 Å². The van der Waals surface area contributed by atoms with Crippen molar-refractivity contribution in [2.75, 3.05) is 6.54 Å². The number of hydrogen-bond acceptors (Lipinski definition) is 6. The van der Waals surface area contributed by atoms with E-state index in [1.807, 2.05) is 54.6 Å². The number of carbonyl (C=O) groups excluding carboxylic acids is 3. The SMILES string of the molecule is CC(=O)N[C@@H](Cc1ccc(C(C(=O)O)C(=O)O)c(C(=O)O)c1)C(=O)N[C@H]1CCCCN(Cc2ccc(-c3ccccc3)cc2)C1=O. The number of amides is 3. The molecule has 12 nitrogen and oxygen atoms in total. The first-order valence-corrected chi connectivity index (χ1v) is 14.8. The van der Waals surface area contributed by atoms with Gasteiger partial charge in [-0.15, -0.1) is 0 Å². The van der Waals surface area contributed by atoms with Crippen molar-refractivity contribution in [2.24, 2.45) is 0 Å². The Balaban J connectivity index is 1.49. The molecule has 3 aromatic rings. The number of benzene rings is 3. The van der Waals surface area contributed by atoms with Gasteiger partial charge >= 0.3 is 17.9 Å². The van der Waals surface area contributed by atoms with Crippen LogP contribution in [-0.2, 0) is 36.9 Å². The molecule has 0 unspecified atom stereocenters. The van der Waals surface area contributed by atoms with Gasteiger partial charge in [0, 0.05) is 26.4 Å². The highest BCUT2D eigenvalue weighted by atomic mass is 16.4. The fraction of sp³-hybridized carbons (Fsp3) is 0.294. The lowest BCUT2D eigenvalue weighted by Gasteiger charge is -2.27. The van der Waals surface area contributed by atoms with Gasteiger partial charge in [0.15, 0.2) is 5.92 Å². The Morgan fingerprint density at radius 3 is 2.09 bits per heavy atom. The van der Waals surface area contributed by atoms with E-state index in [-0.39, 0.29) is 17.9 Å². The van der Waals surface area contributed by atoms with E-state index < -0.39 is 58.9 Å². The van der Waals surface area contributed by atoms with Crippen molar-refractivity contribution in [3.63, 3.8) is 0 Å². The third-order valence-electron chi connectivity index (χ3n) is 7.82. The molecule has 1 heterocycles. The van der Waals surface area contributed by atoms with E-state index >= 15 is 0 Å². The summed E-state index contributed by atoms with van der Waals surface area (Å²) in [5, 5.41) is 33.6. The maximum absolute atomic E-state index is 13.6. The number of nitrogens with one attached hydrogen (secondary N) is 2. The summed E-state index contributed by atoms with van der Waals surface area (Å²) in [7, 11) is 0. The van der Waals surface area contributed by atoms with Crippen LogP contribution in [0.4, 0.5) is 0 Å². The summed E-state index contributed by atoms with van der Waals surface area (Å²) in [6.45, 7) is 2.07. The number of hydrogen-bond donors (Lipinski definition) is 5. The quantitative estimate of drug-likeness (QED) is 0.187. The molecule has 46 heavy (non-hydrogen) atoms. The highest BCUT2D eigenvalue weighted by Gasteiger charge is 2.33. The zero-order valence-corrected chi connectivity index (χ0v) is 25.1. The van der Waals surface area contributed by atoms with Gasteiger partial charge in [0.05, 0.1) is 5.56 Å². The van der Waals surface area contributed by atoms with Crippen molar-refractivity contribution in [3.8, 4) is 11.1 Å². The molecule has 3 aromatic carbocycles. The lowest BCUT2D eigenvalue weighted by atomic mass is 9.91. The van der Waals surface area contributed by atoms with E-state index in [4.69, 9.17) is 0 Å². The highest BCUT2D eigenvalue weighted by molar-refractivity contribution is 6.02. The minimum atomic E-state index is -2.11. The van der Waals surface area contributed by atoms with Crippen LogP contribution < -0.4 is 10.6 Å². The normalized spacial score (nSPS) is 15.5. The summed E-state index contributed by atoms with van der Waals surface area (Å²) in [6, 6.07) is 19.3. The number of nitrogens with zero attached hydrogens (tertiary/aromatic N) is 1. The van der Waals surface area contributed by atoms with Crippen molar-refractivity contribution in [2.45, 2.75) is 57.2 Å². The summed E-state index contributed by atoms with van der Waals surface area (Å²) in [5.74, 6) is -8.58. The molecule has 3 amide bonds. The van der Waals surface area contributed by atoms with E-state index in [0.717, 1.165) is 35.2 Å². The van der Waals surface area contributed by atoms with Crippen molar-refractivity contribution >= 4 is 35.6 Å². The molecule has 0 spiro atoms. The third kappa shape index (κ3) is 8.35. The Hall–Kier alpha value is -5.52. The maximum Gasteiger partial charge on any atom is 0.336 e. The highest BCUT2D eigenvalue weighted by Crippen LogP contribution is 2.24. The lowest BCUT2D eigenvalue weighted by Crippen LogP contribution is -2.54. The summed E-state index contributed by atoms with van der Waals surface area (Å²) in [4.78, 5) is 75.7. The van der Waals surface area contributed by atoms with Gasteiger partial charge in [-0.25, -0.2) is 4.79 Å². The molecule has 4 rings (SSSR count). The largest absolute Gasteiger partial charge is 0.480 e. The minimum absolute atomic E-state index is 0.199. The zero-order chi connectivity index (χ0) is 33.4. The standard InChI is InChI=1S/C34H35N3O9/c1-20(38)35-28(18-22-12-15-25(26(17-22)32(41)42)29(33(43)44)34(45)46)30(39)36-27-9-5-6-16-37(31(27)40)19-21-10-13-24(14-11-21)23-7-3-2-4-8-23/h2-4,7-8,10-15,17,27-29H,5-6,9,16,18-19H2,1H3,(H,35,38)(H,36,39)(H,41,42)(H,43,44)(H,45,46)/t27-,28-/m0/s1. The predicted molar refractivity (Wildman–Crippen MR) is 166 cm³/mol. The minimum Gasteiger partial charge on any atom is -0.480 e. The van der Waals surface area contributed by atoms with Gasteiger partial charge in [-0.05, 0) is 53.1 Å². The first-order valence-electron chi connectivity index (χ1n) is 14.8. The average molecular weight is 630 g/mol. The molecule has 1 saturated heterocycles. The molecule has 1 aliphatic rings. The van der Waals surface area contributed by atoms with Gasteiger partial charge in [-0.3, -0.25) is 24.0 Å². The van der Waals surface area contributed by atoms with Gasteiger partial charge in [-0.2, -0.15) is 0 Å². The van der Waals surface area contributed by atoms with Crippen molar-refractivity contribution < 1.29 is 44.1 Å². The van der Waals surface area contributed by atoms with Crippen LogP contribution in [0.25, 0.3) is 11.1 Å². The van der Waals surface area contributed by atoms with Gasteiger partial charge in [-0.1, -0.05) is 66.7 Å². The smallest absolute Gasteiger partial charge is 0.336 e. The average Bonchev–Trinajstić information content (AvgIpc) is 3.18. The van der Waals surface area contributed by atoms with Crippen molar-refractivity contribution in [3.05, 3.63) is 95.1 Å². The summed E-state index contributed by atoms with van der Waals surface area (Å²) < 4.78 is 0.